The summed E-state index contributed by atoms with van der Waals surface area (Å²) < 4.78 is 0. The fourth-order valence-electron chi connectivity index (χ4n) is 2.32. The Bertz CT molecular complexity index is 479. The second-order valence-corrected chi connectivity index (χ2v) is 6.17. The quantitative estimate of drug-likeness (QED) is 0.851. The summed E-state index contributed by atoms with van der Waals surface area (Å²) in [6.07, 6.45) is 0.753. The molecule has 1 aromatic carbocycles. The Hall–Kier alpha value is -1.18. The number of β-amino-alcohol motifs (C(OH)–C–C–N with tert-alkyl or cyclic N) is 1. The lowest BCUT2D eigenvalue weighted by Crippen LogP contribution is -2.29. The van der Waals surface area contributed by atoms with Gasteiger partial charge in [0.05, 0.1) is 16.9 Å². The van der Waals surface area contributed by atoms with E-state index < -0.39 is 5.60 Å². The van der Waals surface area contributed by atoms with E-state index in [2.05, 4.69) is 17.9 Å². The van der Waals surface area contributed by atoms with Gasteiger partial charge < -0.3 is 10.0 Å². The number of anilines is 1. The molecule has 18 heavy (non-hydrogen) atoms. The second-order valence-electron chi connectivity index (χ2n) is 4.86. The lowest BCUT2D eigenvalue weighted by Gasteiger charge is -2.22. The Kier molecular flexibility index (Phi) is 3.84. The molecule has 1 saturated heterocycles. The van der Waals surface area contributed by atoms with Crippen LogP contribution < -0.4 is 4.90 Å². The lowest BCUT2D eigenvalue weighted by atomic mass is 10.1. The van der Waals surface area contributed by atoms with Crippen LogP contribution in [0, 0.1) is 11.3 Å². The van der Waals surface area contributed by atoms with Gasteiger partial charge in [-0.25, -0.2) is 0 Å². The van der Waals surface area contributed by atoms with Gasteiger partial charge in [0.1, 0.15) is 6.07 Å². The second kappa shape index (κ2) is 5.21. The SMILES string of the molecule is CCSc1cccc(N2CCC(C)(O)C2)c1C#N. The summed E-state index contributed by atoms with van der Waals surface area (Å²) in [6.45, 7) is 5.34. The maximum Gasteiger partial charge on any atom is 0.103 e. The standard InChI is InChI=1S/C14H18N2OS/c1-3-18-13-6-4-5-12(11(13)9-15)16-8-7-14(2,17)10-16/h4-6,17H,3,7-8,10H2,1-2H3. The highest BCUT2D eigenvalue weighted by molar-refractivity contribution is 7.99. The van der Waals surface area contributed by atoms with E-state index in [-0.39, 0.29) is 0 Å². The molecule has 0 aromatic heterocycles. The highest BCUT2D eigenvalue weighted by atomic mass is 32.2. The number of benzene rings is 1. The largest absolute Gasteiger partial charge is 0.388 e. The van der Waals surface area contributed by atoms with Crippen LogP contribution in [0.25, 0.3) is 0 Å². The van der Waals surface area contributed by atoms with Crippen LogP contribution in [-0.2, 0) is 0 Å². The van der Waals surface area contributed by atoms with Crippen LogP contribution in [0.4, 0.5) is 5.69 Å². The summed E-state index contributed by atoms with van der Waals surface area (Å²) in [5.41, 5.74) is 1.05. The molecule has 0 saturated carbocycles. The van der Waals surface area contributed by atoms with Crippen molar-refractivity contribution in [2.24, 2.45) is 0 Å². The number of nitriles is 1. The van der Waals surface area contributed by atoms with Gasteiger partial charge in [0, 0.05) is 18.0 Å². The van der Waals surface area contributed by atoms with Gasteiger partial charge in [0.15, 0.2) is 0 Å². The maximum absolute atomic E-state index is 10.0. The molecule has 1 unspecified atom stereocenters. The number of rotatable bonds is 3. The highest BCUT2D eigenvalue weighted by Crippen LogP contribution is 2.33. The molecule has 0 aliphatic carbocycles. The van der Waals surface area contributed by atoms with Gasteiger partial charge in [-0.05, 0) is 31.2 Å². The molecule has 1 aliphatic heterocycles. The van der Waals surface area contributed by atoms with Gasteiger partial charge in [0.2, 0.25) is 0 Å². The van der Waals surface area contributed by atoms with E-state index in [9.17, 15) is 10.4 Å². The molecule has 1 heterocycles. The zero-order chi connectivity index (χ0) is 13.2. The van der Waals surface area contributed by atoms with E-state index in [0.29, 0.717) is 6.54 Å². The zero-order valence-electron chi connectivity index (χ0n) is 10.8. The van der Waals surface area contributed by atoms with E-state index in [1.165, 1.54) is 0 Å². The summed E-state index contributed by atoms with van der Waals surface area (Å²) in [6, 6.07) is 8.26. The van der Waals surface area contributed by atoms with Gasteiger partial charge in [-0.2, -0.15) is 5.26 Å². The lowest BCUT2D eigenvalue weighted by molar-refractivity contribution is 0.0839. The Morgan fingerprint density at radius 2 is 2.33 bits per heavy atom. The smallest absolute Gasteiger partial charge is 0.103 e. The first-order valence-corrected chi connectivity index (χ1v) is 7.19. The first kappa shape index (κ1) is 13.3. The number of aliphatic hydroxyl groups is 1. The molecule has 0 bridgehead atoms. The minimum absolute atomic E-state index is 0.599. The number of thioether (sulfide) groups is 1. The molecule has 3 nitrogen and oxygen atoms in total. The van der Waals surface area contributed by atoms with Crippen LogP contribution in [0.1, 0.15) is 25.8 Å². The molecule has 1 N–H and O–H groups in total. The molecule has 96 valence electrons. The van der Waals surface area contributed by atoms with Crippen molar-refractivity contribution in [3.8, 4) is 6.07 Å². The fourth-order valence-corrected chi connectivity index (χ4v) is 3.10. The molecule has 2 rings (SSSR count). The van der Waals surface area contributed by atoms with Crippen molar-refractivity contribution < 1.29 is 5.11 Å². The molecule has 0 radical (unpaired) electrons. The van der Waals surface area contributed by atoms with Crippen molar-refractivity contribution in [1.82, 2.24) is 0 Å². The summed E-state index contributed by atoms with van der Waals surface area (Å²) >= 11 is 1.69. The molecule has 1 fully saturated rings. The minimum Gasteiger partial charge on any atom is -0.388 e. The van der Waals surface area contributed by atoms with E-state index in [0.717, 1.165) is 34.9 Å². The maximum atomic E-state index is 10.0. The number of hydrogen-bond acceptors (Lipinski definition) is 4. The van der Waals surface area contributed by atoms with Crippen molar-refractivity contribution in [2.45, 2.75) is 30.8 Å². The zero-order valence-corrected chi connectivity index (χ0v) is 11.6. The molecule has 1 atom stereocenters. The van der Waals surface area contributed by atoms with Crippen LogP contribution in [0.3, 0.4) is 0 Å². The third-order valence-corrected chi connectivity index (χ3v) is 4.15. The predicted molar refractivity (Wildman–Crippen MR) is 75.0 cm³/mol. The Labute approximate surface area is 112 Å². The molecular weight excluding hydrogens is 244 g/mol. The van der Waals surface area contributed by atoms with Crippen molar-refractivity contribution in [2.75, 3.05) is 23.7 Å². The monoisotopic (exact) mass is 262 g/mol. The molecule has 1 aromatic rings. The Morgan fingerprint density at radius 1 is 1.56 bits per heavy atom. The van der Waals surface area contributed by atoms with Crippen LogP contribution in [0.15, 0.2) is 23.1 Å². The third-order valence-electron chi connectivity index (χ3n) is 3.21. The van der Waals surface area contributed by atoms with E-state index in [4.69, 9.17) is 0 Å². The predicted octanol–water partition coefficient (Wildman–Crippen LogP) is 2.63. The Morgan fingerprint density at radius 3 is 2.89 bits per heavy atom. The van der Waals surface area contributed by atoms with Crippen molar-refractivity contribution in [1.29, 1.82) is 5.26 Å². The van der Waals surface area contributed by atoms with Gasteiger partial charge in [0.25, 0.3) is 0 Å². The summed E-state index contributed by atoms with van der Waals surface area (Å²) in [7, 11) is 0. The van der Waals surface area contributed by atoms with Gasteiger partial charge in [-0.15, -0.1) is 11.8 Å². The first-order chi connectivity index (χ1) is 8.57. The Balaban J connectivity index is 2.34. The topological polar surface area (TPSA) is 47.3 Å². The molecule has 0 spiro atoms. The van der Waals surface area contributed by atoms with Crippen molar-refractivity contribution in [3.63, 3.8) is 0 Å². The third kappa shape index (κ3) is 2.63. The highest BCUT2D eigenvalue weighted by Gasteiger charge is 2.32. The molecule has 1 aliphatic rings. The van der Waals surface area contributed by atoms with Gasteiger partial charge in [-0.3, -0.25) is 0 Å². The van der Waals surface area contributed by atoms with Crippen LogP contribution >= 0.6 is 11.8 Å². The van der Waals surface area contributed by atoms with Crippen LogP contribution in [-0.4, -0.2) is 29.5 Å². The fraction of sp³-hybridized carbons (Fsp3) is 0.500. The average Bonchev–Trinajstić information content (AvgIpc) is 2.70. The minimum atomic E-state index is -0.638. The number of hydrogen-bond donors (Lipinski definition) is 1. The summed E-state index contributed by atoms with van der Waals surface area (Å²) in [5, 5.41) is 19.4. The molecular formula is C14H18N2OS. The average molecular weight is 262 g/mol. The molecule has 4 heteroatoms. The van der Waals surface area contributed by atoms with Crippen molar-refractivity contribution in [3.05, 3.63) is 23.8 Å². The van der Waals surface area contributed by atoms with E-state index in [1.807, 2.05) is 25.1 Å². The first-order valence-electron chi connectivity index (χ1n) is 6.20. The summed E-state index contributed by atoms with van der Waals surface area (Å²) in [4.78, 5) is 3.14. The van der Waals surface area contributed by atoms with Gasteiger partial charge >= 0.3 is 0 Å². The normalized spacial score (nSPS) is 23.1. The molecule has 0 amide bonds. The van der Waals surface area contributed by atoms with Crippen LogP contribution in [0.5, 0.6) is 0 Å². The summed E-state index contributed by atoms with van der Waals surface area (Å²) in [5.74, 6) is 0.954. The van der Waals surface area contributed by atoms with Gasteiger partial charge in [-0.1, -0.05) is 13.0 Å². The van der Waals surface area contributed by atoms with Crippen molar-refractivity contribution >= 4 is 17.4 Å². The van der Waals surface area contributed by atoms with E-state index in [1.54, 1.807) is 11.8 Å². The van der Waals surface area contributed by atoms with E-state index >= 15 is 0 Å². The number of nitrogens with zero attached hydrogens (tertiary/aromatic N) is 2. The van der Waals surface area contributed by atoms with Crippen LogP contribution in [0.2, 0.25) is 0 Å².